The lowest BCUT2D eigenvalue weighted by atomic mass is 10.1. The Balaban J connectivity index is 1.60. The van der Waals surface area contributed by atoms with Crippen LogP contribution in [-0.4, -0.2) is 39.6 Å². The van der Waals surface area contributed by atoms with Gasteiger partial charge in [0, 0.05) is 23.7 Å². The molecule has 0 unspecified atom stereocenters. The van der Waals surface area contributed by atoms with Crippen molar-refractivity contribution in [2.24, 2.45) is 0 Å². The highest BCUT2D eigenvalue weighted by atomic mass is 19.1. The number of carbonyl (C=O) groups is 2. The third-order valence-electron chi connectivity index (χ3n) is 5.61. The molecule has 0 radical (unpaired) electrons. The Morgan fingerprint density at radius 3 is 2.34 bits per heavy atom. The summed E-state index contributed by atoms with van der Waals surface area (Å²) in [5.41, 5.74) is 3.58. The van der Waals surface area contributed by atoms with E-state index >= 15 is 0 Å². The SMILES string of the molecule is CCCN(CC(=O)Nc1cc(-c2ccccc2)nn1-c1ccc(F)cc1)C(=O)c1ccccc1C. The molecule has 1 heterocycles. The zero-order valence-corrected chi connectivity index (χ0v) is 19.7. The van der Waals surface area contributed by atoms with E-state index in [1.54, 1.807) is 33.8 Å². The maximum atomic E-state index is 13.5. The summed E-state index contributed by atoms with van der Waals surface area (Å²) in [6.45, 7) is 4.19. The van der Waals surface area contributed by atoms with Crippen LogP contribution >= 0.6 is 0 Å². The molecule has 4 aromatic rings. The standard InChI is InChI=1S/C28H27FN4O2/c1-3-17-32(28(35)24-12-8-7-9-20(24)2)19-27(34)30-26-18-25(21-10-5-4-6-11-21)31-33(26)23-15-13-22(29)14-16-23/h4-16,18H,3,17,19H2,1-2H3,(H,30,34). The van der Waals surface area contributed by atoms with Gasteiger partial charge in [-0.05, 0) is 49.2 Å². The van der Waals surface area contributed by atoms with E-state index in [-0.39, 0.29) is 24.2 Å². The number of hydrogen-bond donors (Lipinski definition) is 1. The molecule has 0 spiro atoms. The number of rotatable bonds is 8. The number of nitrogens with zero attached hydrogens (tertiary/aromatic N) is 3. The van der Waals surface area contributed by atoms with Crippen molar-refractivity contribution in [3.05, 3.63) is 102 Å². The van der Waals surface area contributed by atoms with Crippen molar-refractivity contribution in [2.75, 3.05) is 18.4 Å². The first kappa shape index (κ1) is 23.9. The molecule has 178 valence electrons. The van der Waals surface area contributed by atoms with Crippen LogP contribution in [0.1, 0.15) is 29.3 Å². The Bertz CT molecular complexity index is 1320. The average molecular weight is 471 g/mol. The molecule has 2 amide bonds. The molecule has 1 N–H and O–H groups in total. The number of anilines is 1. The predicted molar refractivity (Wildman–Crippen MR) is 135 cm³/mol. The van der Waals surface area contributed by atoms with Crippen LogP contribution in [0.5, 0.6) is 0 Å². The Morgan fingerprint density at radius 1 is 0.971 bits per heavy atom. The van der Waals surface area contributed by atoms with E-state index < -0.39 is 0 Å². The molecular weight excluding hydrogens is 443 g/mol. The van der Waals surface area contributed by atoms with Gasteiger partial charge in [-0.25, -0.2) is 9.07 Å². The Kier molecular flexibility index (Phi) is 7.35. The highest BCUT2D eigenvalue weighted by molar-refractivity contribution is 6.00. The van der Waals surface area contributed by atoms with Gasteiger partial charge in [-0.3, -0.25) is 9.59 Å². The van der Waals surface area contributed by atoms with Crippen molar-refractivity contribution >= 4 is 17.6 Å². The summed E-state index contributed by atoms with van der Waals surface area (Å²) < 4.78 is 15.1. The summed E-state index contributed by atoms with van der Waals surface area (Å²) in [6.07, 6.45) is 0.719. The van der Waals surface area contributed by atoms with Gasteiger partial charge in [0.25, 0.3) is 5.91 Å². The normalized spacial score (nSPS) is 10.7. The Hall–Kier alpha value is -4.26. The van der Waals surface area contributed by atoms with Crippen molar-refractivity contribution in [2.45, 2.75) is 20.3 Å². The van der Waals surface area contributed by atoms with Crippen LogP contribution in [0.25, 0.3) is 16.9 Å². The number of halogens is 1. The topological polar surface area (TPSA) is 67.2 Å². The molecule has 0 aliphatic heterocycles. The van der Waals surface area contributed by atoms with Crippen LogP contribution in [-0.2, 0) is 4.79 Å². The van der Waals surface area contributed by atoms with Crippen LogP contribution in [0.4, 0.5) is 10.2 Å². The van der Waals surface area contributed by atoms with Crippen molar-refractivity contribution in [1.82, 2.24) is 14.7 Å². The van der Waals surface area contributed by atoms with E-state index in [2.05, 4.69) is 10.4 Å². The zero-order chi connectivity index (χ0) is 24.8. The number of hydrogen-bond acceptors (Lipinski definition) is 3. The summed E-state index contributed by atoms with van der Waals surface area (Å²) in [5, 5.41) is 7.54. The van der Waals surface area contributed by atoms with Crippen molar-refractivity contribution in [3.8, 4) is 16.9 Å². The molecule has 3 aromatic carbocycles. The van der Waals surface area contributed by atoms with E-state index in [1.807, 2.05) is 62.4 Å². The third kappa shape index (κ3) is 5.63. The van der Waals surface area contributed by atoms with Gasteiger partial charge in [-0.2, -0.15) is 5.10 Å². The van der Waals surface area contributed by atoms with Crippen LogP contribution in [0.3, 0.4) is 0 Å². The predicted octanol–water partition coefficient (Wildman–Crippen LogP) is 5.48. The highest BCUT2D eigenvalue weighted by Crippen LogP contribution is 2.25. The lowest BCUT2D eigenvalue weighted by Gasteiger charge is -2.22. The second-order valence-electron chi connectivity index (χ2n) is 8.26. The Morgan fingerprint density at radius 2 is 1.66 bits per heavy atom. The van der Waals surface area contributed by atoms with Gasteiger partial charge in [0.2, 0.25) is 5.91 Å². The quantitative estimate of drug-likeness (QED) is 0.371. The van der Waals surface area contributed by atoms with Crippen LogP contribution in [0, 0.1) is 12.7 Å². The fourth-order valence-corrected chi connectivity index (χ4v) is 3.86. The summed E-state index contributed by atoms with van der Waals surface area (Å²) in [7, 11) is 0. The van der Waals surface area contributed by atoms with Gasteiger partial charge in [-0.15, -0.1) is 0 Å². The molecule has 0 bridgehead atoms. The summed E-state index contributed by atoms with van der Waals surface area (Å²) in [4.78, 5) is 27.8. The molecule has 0 saturated carbocycles. The number of nitrogens with one attached hydrogen (secondary N) is 1. The first-order valence-corrected chi connectivity index (χ1v) is 11.5. The minimum absolute atomic E-state index is 0.101. The molecule has 0 aliphatic rings. The average Bonchev–Trinajstić information content (AvgIpc) is 3.28. The van der Waals surface area contributed by atoms with Crippen LogP contribution < -0.4 is 5.32 Å². The molecule has 7 heteroatoms. The molecule has 0 aliphatic carbocycles. The smallest absolute Gasteiger partial charge is 0.254 e. The maximum Gasteiger partial charge on any atom is 0.254 e. The number of carbonyl (C=O) groups excluding carboxylic acids is 2. The van der Waals surface area contributed by atoms with Gasteiger partial charge in [-0.1, -0.05) is 55.5 Å². The second kappa shape index (κ2) is 10.8. The van der Waals surface area contributed by atoms with Crippen molar-refractivity contribution in [3.63, 3.8) is 0 Å². The fourth-order valence-electron chi connectivity index (χ4n) is 3.86. The molecule has 35 heavy (non-hydrogen) atoms. The molecule has 0 fully saturated rings. The largest absolute Gasteiger partial charge is 0.329 e. The van der Waals surface area contributed by atoms with E-state index in [0.717, 1.165) is 17.5 Å². The summed E-state index contributed by atoms with van der Waals surface area (Å²) in [6, 6.07) is 24.6. The molecule has 4 rings (SSSR count). The molecular formula is C28H27FN4O2. The summed E-state index contributed by atoms with van der Waals surface area (Å²) >= 11 is 0. The van der Waals surface area contributed by atoms with E-state index in [0.29, 0.717) is 29.3 Å². The van der Waals surface area contributed by atoms with Gasteiger partial charge in [0.05, 0.1) is 11.4 Å². The number of benzene rings is 3. The number of aryl methyl sites for hydroxylation is 1. The van der Waals surface area contributed by atoms with Crippen molar-refractivity contribution < 1.29 is 14.0 Å². The maximum absolute atomic E-state index is 13.5. The lowest BCUT2D eigenvalue weighted by Crippen LogP contribution is -2.39. The molecule has 0 saturated heterocycles. The monoisotopic (exact) mass is 470 g/mol. The minimum Gasteiger partial charge on any atom is -0.329 e. The molecule has 6 nitrogen and oxygen atoms in total. The van der Waals surface area contributed by atoms with E-state index in [9.17, 15) is 14.0 Å². The lowest BCUT2D eigenvalue weighted by molar-refractivity contribution is -0.116. The fraction of sp³-hybridized carbons (Fsp3) is 0.179. The number of amides is 2. The van der Waals surface area contributed by atoms with Crippen molar-refractivity contribution in [1.29, 1.82) is 0 Å². The van der Waals surface area contributed by atoms with Gasteiger partial charge in [0.1, 0.15) is 18.2 Å². The highest BCUT2D eigenvalue weighted by Gasteiger charge is 2.21. The second-order valence-corrected chi connectivity index (χ2v) is 8.26. The Labute approximate surface area is 204 Å². The van der Waals surface area contributed by atoms with Crippen LogP contribution in [0.2, 0.25) is 0 Å². The van der Waals surface area contributed by atoms with Gasteiger partial charge in [0.15, 0.2) is 0 Å². The molecule has 0 atom stereocenters. The van der Waals surface area contributed by atoms with E-state index in [1.165, 1.54) is 12.1 Å². The first-order chi connectivity index (χ1) is 17.0. The van der Waals surface area contributed by atoms with Crippen LogP contribution in [0.15, 0.2) is 84.9 Å². The minimum atomic E-state index is -0.361. The summed E-state index contributed by atoms with van der Waals surface area (Å²) in [5.74, 6) is -0.458. The van der Waals surface area contributed by atoms with Gasteiger partial charge < -0.3 is 10.2 Å². The van der Waals surface area contributed by atoms with E-state index in [4.69, 9.17) is 0 Å². The zero-order valence-electron chi connectivity index (χ0n) is 19.7. The first-order valence-electron chi connectivity index (χ1n) is 11.5. The number of aromatic nitrogens is 2. The van der Waals surface area contributed by atoms with Gasteiger partial charge >= 0.3 is 0 Å². The third-order valence-corrected chi connectivity index (χ3v) is 5.61. The molecule has 1 aromatic heterocycles.